The zero-order valence-electron chi connectivity index (χ0n) is 10.3. The number of hydrogen-bond acceptors (Lipinski definition) is 2. The van der Waals surface area contributed by atoms with Gasteiger partial charge in [0.15, 0.2) is 11.6 Å². The molecule has 0 aromatic heterocycles. The number of benzene rings is 2. The summed E-state index contributed by atoms with van der Waals surface area (Å²) in [5.41, 5.74) is -1.79. The number of hydrogen-bond donors (Lipinski definition) is 2. The summed E-state index contributed by atoms with van der Waals surface area (Å²) < 4.78 is 51.6. The number of aromatic carboxylic acids is 1. The summed E-state index contributed by atoms with van der Waals surface area (Å²) in [6.07, 6.45) is -4.73. The van der Waals surface area contributed by atoms with E-state index in [0.717, 1.165) is 24.3 Å². The number of halogens is 4. The number of phenols is 1. The smallest absolute Gasteiger partial charge is 0.416 e. The van der Waals surface area contributed by atoms with Crippen molar-refractivity contribution < 1.29 is 32.6 Å². The molecule has 2 aromatic rings. The van der Waals surface area contributed by atoms with Gasteiger partial charge in [-0.25, -0.2) is 9.18 Å². The topological polar surface area (TPSA) is 57.5 Å². The highest BCUT2D eigenvalue weighted by Gasteiger charge is 2.32. The van der Waals surface area contributed by atoms with Crippen molar-refractivity contribution in [3.05, 3.63) is 53.3 Å². The Kier molecular flexibility index (Phi) is 3.59. The predicted octanol–water partition coefficient (Wildman–Crippen LogP) is 3.92. The summed E-state index contributed by atoms with van der Waals surface area (Å²) in [4.78, 5) is 10.9. The molecule has 0 radical (unpaired) electrons. The van der Waals surface area contributed by atoms with Gasteiger partial charge in [-0.2, -0.15) is 13.2 Å². The zero-order valence-corrected chi connectivity index (χ0v) is 10.3. The van der Waals surface area contributed by atoms with Crippen LogP contribution in [0, 0.1) is 5.82 Å². The molecule has 2 aromatic carbocycles. The molecule has 0 unspecified atom stereocenters. The average Bonchev–Trinajstić information content (AvgIpc) is 2.40. The van der Waals surface area contributed by atoms with Crippen molar-refractivity contribution in [3.63, 3.8) is 0 Å². The molecule has 0 saturated carbocycles. The van der Waals surface area contributed by atoms with Crippen LogP contribution in [0.25, 0.3) is 11.1 Å². The third-order valence-electron chi connectivity index (χ3n) is 2.79. The Balaban J connectivity index is 2.64. The molecule has 2 N–H and O–H groups in total. The molecule has 0 spiro atoms. The minimum absolute atomic E-state index is 0.0268. The molecule has 3 nitrogen and oxygen atoms in total. The van der Waals surface area contributed by atoms with E-state index < -0.39 is 34.8 Å². The first-order valence-corrected chi connectivity index (χ1v) is 5.63. The lowest BCUT2D eigenvalue weighted by molar-refractivity contribution is -0.137. The highest BCUT2D eigenvalue weighted by molar-refractivity contribution is 5.90. The molecule has 0 aliphatic carbocycles. The van der Waals surface area contributed by atoms with Gasteiger partial charge in [-0.1, -0.05) is 6.07 Å². The number of carbonyl (C=O) groups is 1. The van der Waals surface area contributed by atoms with Crippen LogP contribution >= 0.6 is 0 Å². The van der Waals surface area contributed by atoms with E-state index in [1.807, 2.05) is 0 Å². The van der Waals surface area contributed by atoms with Gasteiger partial charge in [-0.15, -0.1) is 0 Å². The summed E-state index contributed by atoms with van der Waals surface area (Å²) >= 11 is 0. The standard InChI is InChI=1S/C14H8F4O3/c15-11-6-7(1-2-12(11)19)8-3-9(13(20)21)5-10(4-8)14(16,17)18/h1-6,19H,(H,20,21). The van der Waals surface area contributed by atoms with Gasteiger partial charge in [0.05, 0.1) is 11.1 Å². The fourth-order valence-corrected chi connectivity index (χ4v) is 1.77. The quantitative estimate of drug-likeness (QED) is 0.827. The van der Waals surface area contributed by atoms with Gasteiger partial charge in [0.1, 0.15) is 0 Å². The van der Waals surface area contributed by atoms with Gasteiger partial charge >= 0.3 is 12.1 Å². The number of alkyl halides is 3. The van der Waals surface area contributed by atoms with Crippen LogP contribution in [0.2, 0.25) is 0 Å². The molecule has 2 rings (SSSR count). The van der Waals surface area contributed by atoms with Crippen LogP contribution < -0.4 is 0 Å². The normalized spacial score (nSPS) is 11.4. The molecule has 0 atom stereocenters. The number of phenolic OH excluding ortho intramolecular Hbond substituents is 1. The van der Waals surface area contributed by atoms with E-state index in [9.17, 15) is 22.4 Å². The molecular weight excluding hydrogens is 292 g/mol. The molecule has 0 aliphatic heterocycles. The molecule has 0 saturated heterocycles. The van der Waals surface area contributed by atoms with Crippen LogP contribution in [0.5, 0.6) is 5.75 Å². The monoisotopic (exact) mass is 300 g/mol. The highest BCUT2D eigenvalue weighted by Crippen LogP contribution is 2.34. The number of carboxylic acids is 1. The molecule has 0 fully saturated rings. The SMILES string of the molecule is O=C(O)c1cc(-c2ccc(O)c(F)c2)cc(C(F)(F)F)c1. The van der Waals surface area contributed by atoms with Gasteiger partial charge < -0.3 is 10.2 Å². The Labute approximate surface area is 116 Å². The van der Waals surface area contributed by atoms with Crippen molar-refractivity contribution >= 4 is 5.97 Å². The number of aromatic hydroxyl groups is 1. The van der Waals surface area contributed by atoms with E-state index in [1.54, 1.807) is 0 Å². The van der Waals surface area contributed by atoms with Crippen LogP contribution in [0.4, 0.5) is 17.6 Å². The first-order chi connectivity index (χ1) is 9.68. The first kappa shape index (κ1) is 14.8. The Morgan fingerprint density at radius 1 is 1.00 bits per heavy atom. The molecule has 0 heterocycles. The van der Waals surface area contributed by atoms with E-state index >= 15 is 0 Å². The maximum Gasteiger partial charge on any atom is 0.416 e. The fraction of sp³-hybridized carbons (Fsp3) is 0.0714. The largest absolute Gasteiger partial charge is 0.505 e. The summed E-state index contributed by atoms with van der Waals surface area (Å²) in [7, 11) is 0. The summed E-state index contributed by atoms with van der Waals surface area (Å²) in [6, 6.07) is 5.23. The van der Waals surface area contributed by atoms with Crippen LogP contribution in [0.15, 0.2) is 36.4 Å². The molecule has 0 bridgehead atoms. The minimum atomic E-state index is -4.73. The van der Waals surface area contributed by atoms with E-state index in [4.69, 9.17) is 10.2 Å². The van der Waals surface area contributed by atoms with E-state index in [1.165, 1.54) is 6.07 Å². The van der Waals surface area contributed by atoms with Gasteiger partial charge in [0.25, 0.3) is 0 Å². The Morgan fingerprint density at radius 3 is 2.19 bits per heavy atom. The van der Waals surface area contributed by atoms with Crippen LogP contribution in [0.3, 0.4) is 0 Å². The number of carboxylic acid groups (broad SMARTS) is 1. The lowest BCUT2D eigenvalue weighted by Crippen LogP contribution is -2.08. The lowest BCUT2D eigenvalue weighted by Gasteiger charge is -2.11. The molecule has 7 heteroatoms. The third-order valence-corrected chi connectivity index (χ3v) is 2.79. The van der Waals surface area contributed by atoms with Crippen LogP contribution in [-0.4, -0.2) is 16.2 Å². The predicted molar refractivity (Wildman–Crippen MR) is 65.5 cm³/mol. The molecule has 0 aliphatic rings. The fourth-order valence-electron chi connectivity index (χ4n) is 1.77. The van der Waals surface area contributed by atoms with Crippen molar-refractivity contribution in [2.45, 2.75) is 6.18 Å². The second-order valence-corrected chi connectivity index (χ2v) is 4.27. The summed E-state index contributed by atoms with van der Waals surface area (Å²) in [5, 5.41) is 17.9. The van der Waals surface area contributed by atoms with Gasteiger partial charge in [-0.3, -0.25) is 0 Å². The lowest BCUT2D eigenvalue weighted by atomic mass is 9.99. The Bertz CT molecular complexity index is 708. The first-order valence-electron chi connectivity index (χ1n) is 5.63. The maximum absolute atomic E-state index is 13.3. The van der Waals surface area contributed by atoms with E-state index in [-0.39, 0.29) is 11.1 Å². The van der Waals surface area contributed by atoms with Crippen LogP contribution in [0.1, 0.15) is 15.9 Å². The van der Waals surface area contributed by atoms with Gasteiger partial charge in [0, 0.05) is 0 Å². The molecule has 110 valence electrons. The van der Waals surface area contributed by atoms with Gasteiger partial charge in [0.2, 0.25) is 0 Å². The van der Waals surface area contributed by atoms with E-state index in [0.29, 0.717) is 6.07 Å². The van der Waals surface area contributed by atoms with Crippen molar-refractivity contribution in [2.75, 3.05) is 0 Å². The van der Waals surface area contributed by atoms with Crippen LogP contribution in [-0.2, 0) is 6.18 Å². The Morgan fingerprint density at radius 2 is 1.67 bits per heavy atom. The molecule has 0 amide bonds. The molecule has 21 heavy (non-hydrogen) atoms. The van der Waals surface area contributed by atoms with Crippen molar-refractivity contribution in [1.29, 1.82) is 0 Å². The maximum atomic E-state index is 13.3. The zero-order chi connectivity index (χ0) is 15.8. The Hall–Kier alpha value is -2.57. The number of rotatable bonds is 2. The van der Waals surface area contributed by atoms with Crippen molar-refractivity contribution in [1.82, 2.24) is 0 Å². The van der Waals surface area contributed by atoms with Crippen molar-refractivity contribution in [2.24, 2.45) is 0 Å². The average molecular weight is 300 g/mol. The van der Waals surface area contributed by atoms with Crippen molar-refractivity contribution in [3.8, 4) is 16.9 Å². The summed E-state index contributed by atoms with van der Waals surface area (Å²) in [5.74, 6) is -3.19. The van der Waals surface area contributed by atoms with Gasteiger partial charge in [-0.05, 0) is 41.5 Å². The summed E-state index contributed by atoms with van der Waals surface area (Å²) in [6.45, 7) is 0. The molecular formula is C14H8F4O3. The second kappa shape index (κ2) is 5.08. The third kappa shape index (κ3) is 3.13. The minimum Gasteiger partial charge on any atom is -0.505 e. The second-order valence-electron chi connectivity index (χ2n) is 4.27. The highest BCUT2D eigenvalue weighted by atomic mass is 19.4. The van der Waals surface area contributed by atoms with E-state index in [2.05, 4.69) is 0 Å².